The van der Waals surface area contributed by atoms with Gasteiger partial charge in [0.25, 0.3) is 0 Å². The normalized spacial score (nSPS) is 18.0. The third-order valence-corrected chi connectivity index (χ3v) is 1.62. The summed E-state index contributed by atoms with van der Waals surface area (Å²) in [6.07, 6.45) is -0.0430. The van der Waals surface area contributed by atoms with Crippen LogP contribution in [-0.2, 0) is 0 Å². The molecule has 0 heterocycles. The zero-order valence-corrected chi connectivity index (χ0v) is 6.83. The van der Waals surface area contributed by atoms with E-state index in [1.165, 1.54) is 0 Å². The van der Waals surface area contributed by atoms with Gasteiger partial charge in [0.1, 0.15) is 5.79 Å². The molecule has 0 saturated heterocycles. The molecule has 0 aliphatic carbocycles. The molecule has 0 aromatic rings. The largest absolute Gasteiger partial charge is 0.393 e. The van der Waals surface area contributed by atoms with Gasteiger partial charge in [-0.3, -0.25) is 0 Å². The van der Waals surface area contributed by atoms with Crippen LogP contribution in [0.4, 0.5) is 0 Å². The summed E-state index contributed by atoms with van der Waals surface area (Å²) in [4.78, 5) is 0. The van der Waals surface area contributed by atoms with E-state index in [9.17, 15) is 0 Å². The van der Waals surface area contributed by atoms with Crippen LogP contribution in [0.2, 0.25) is 0 Å². The molecule has 68 valence electrons. The monoisotopic (exact) mass is 162 g/mol. The van der Waals surface area contributed by atoms with Crippen molar-refractivity contribution in [2.24, 2.45) is 28.9 Å². The molecular formula is C6H18N4O. The highest BCUT2D eigenvalue weighted by atomic mass is 16.3. The maximum atomic E-state index is 8.99. The Kier molecular flexibility index (Phi) is 3.91. The highest BCUT2D eigenvalue weighted by Crippen LogP contribution is 2.09. The van der Waals surface area contributed by atoms with E-state index in [1.807, 2.05) is 0 Å². The van der Waals surface area contributed by atoms with Gasteiger partial charge in [-0.1, -0.05) is 0 Å². The quantitative estimate of drug-likeness (QED) is 0.302. The van der Waals surface area contributed by atoms with Gasteiger partial charge in [0.2, 0.25) is 0 Å². The van der Waals surface area contributed by atoms with Crippen LogP contribution in [0.5, 0.6) is 0 Å². The fourth-order valence-corrected chi connectivity index (χ4v) is 0.916. The van der Waals surface area contributed by atoms with Gasteiger partial charge in [-0.05, 0) is 19.9 Å². The van der Waals surface area contributed by atoms with Crippen LogP contribution in [0.15, 0.2) is 0 Å². The Balaban J connectivity index is 3.96. The van der Waals surface area contributed by atoms with E-state index in [0.29, 0.717) is 6.42 Å². The van der Waals surface area contributed by atoms with Crippen molar-refractivity contribution in [3.63, 3.8) is 0 Å². The number of nitrogens with two attached hydrogens (primary N) is 4. The molecule has 11 heavy (non-hydrogen) atoms. The van der Waals surface area contributed by atoms with Crippen molar-refractivity contribution in [2.45, 2.75) is 25.2 Å². The average Bonchev–Trinajstić information content (AvgIpc) is 1.79. The lowest BCUT2D eigenvalue weighted by Gasteiger charge is -2.29. The van der Waals surface area contributed by atoms with E-state index in [-0.39, 0.29) is 12.5 Å². The standard InChI is InChI=1S/C6H18N4O/c1-4(11)2-5(3-7)6(8,9)10/h4-5,11H,2-3,7-10H2,1H3. The molecule has 0 aromatic carbocycles. The highest BCUT2D eigenvalue weighted by molar-refractivity contribution is 4.81. The lowest BCUT2D eigenvalue weighted by atomic mass is 9.96. The van der Waals surface area contributed by atoms with E-state index in [1.54, 1.807) is 6.92 Å². The van der Waals surface area contributed by atoms with E-state index in [4.69, 9.17) is 28.0 Å². The third kappa shape index (κ3) is 4.28. The number of hydrogen-bond donors (Lipinski definition) is 5. The number of aliphatic hydroxyl groups is 1. The van der Waals surface area contributed by atoms with E-state index in [0.717, 1.165) is 0 Å². The Labute approximate surface area is 66.7 Å². The fourth-order valence-electron chi connectivity index (χ4n) is 0.916. The van der Waals surface area contributed by atoms with Crippen molar-refractivity contribution in [1.29, 1.82) is 0 Å². The van der Waals surface area contributed by atoms with Crippen LogP contribution in [-0.4, -0.2) is 23.5 Å². The first kappa shape index (κ1) is 10.8. The van der Waals surface area contributed by atoms with Crippen LogP contribution in [0, 0.1) is 5.92 Å². The summed E-state index contributed by atoms with van der Waals surface area (Å²) in [6, 6.07) is 0. The van der Waals surface area contributed by atoms with Gasteiger partial charge in [-0.25, -0.2) is 0 Å². The minimum absolute atomic E-state index is 0.248. The summed E-state index contributed by atoms with van der Waals surface area (Å²) in [5, 5.41) is 8.99. The predicted octanol–water partition coefficient (Wildman–Crippen LogP) is -2.14. The number of rotatable bonds is 4. The average molecular weight is 162 g/mol. The second kappa shape index (κ2) is 3.99. The molecule has 0 radical (unpaired) electrons. The molecule has 0 aromatic heterocycles. The van der Waals surface area contributed by atoms with Gasteiger partial charge in [-0.15, -0.1) is 0 Å². The first-order chi connectivity index (χ1) is 4.88. The van der Waals surface area contributed by atoms with E-state index in [2.05, 4.69) is 0 Å². The van der Waals surface area contributed by atoms with Crippen molar-refractivity contribution in [2.75, 3.05) is 6.54 Å². The Bertz CT molecular complexity index is 110. The smallest absolute Gasteiger partial charge is 0.120 e. The van der Waals surface area contributed by atoms with Gasteiger partial charge in [-0.2, -0.15) is 0 Å². The van der Waals surface area contributed by atoms with Crippen LogP contribution in [0.25, 0.3) is 0 Å². The summed E-state index contributed by atoms with van der Waals surface area (Å²) in [5.74, 6) is -1.53. The van der Waals surface area contributed by atoms with Gasteiger partial charge in [0.15, 0.2) is 0 Å². The molecule has 0 amide bonds. The van der Waals surface area contributed by atoms with Crippen LogP contribution >= 0.6 is 0 Å². The molecule has 5 heteroatoms. The summed E-state index contributed by atoms with van der Waals surface area (Å²) in [7, 11) is 0. The Morgan fingerprint density at radius 1 is 1.36 bits per heavy atom. The Morgan fingerprint density at radius 2 is 1.82 bits per heavy atom. The van der Waals surface area contributed by atoms with Gasteiger partial charge in [0.05, 0.1) is 6.10 Å². The number of aliphatic hydroxyl groups excluding tert-OH is 1. The maximum absolute atomic E-state index is 8.99. The van der Waals surface area contributed by atoms with Gasteiger partial charge in [0, 0.05) is 5.92 Å². The fraction of sp³-hybridized carbons (Fsp3) is 1.00. The molecule has 0 fully saturated rings. The van der Waals surface area contributed by atoms with Gasteiger partial charge >= 0.3 is 0 Å². The van der Waals surface area contributed by atoms with E-state index < -0.39 is 11.9 Å². The van der Waals surface area contributed by atoms with Crippen molar-refractivity contribution in [3.8, 4) is 0 Å². The first-order valence-electron chi connectivity index (χ1n) is 3.62. The molecular weight excluding hydrogens is 144 g/mol. The minimum atomic E-state index is -1.29. The Morgan fingerprint density at radius 3 is 1.91 bits per heavy atom. The second-order valence-corrected chi connectivity index (χ2v) is 3.02. The molecule has 2 atom stereocenters. The number of hydrogen-bond acceptors (Lipinski definition) is 5. The van der Waals surface area contributed by atoms with Crippen molar-refractivity contribution in [3.05, 3.63) is 0 Å². The van der Waals surface area contributed by atoms with Gasteiger partial charge < -0.3 is 28.0 Å². The minimum Gasteiger partial charge on any atom is -0.393 e. The SMILES string of the molecule is CC(O)CC(CN)C(N)(N)N. The summed E-state index contributed by atoms with van der Waals surface area (Å²) >= 11 is 0. The molecule has 0 saturated carbocycles. The maximum Gasteiger partial charge on any atom is 0.120 e. The predicted molar refractivity (Wildman–Crippen MR) is 44.1 cm³/mol. The highest BCUT2D eigenvalue weighted by Gasteiger charge is 2.26. The summed E-state index contributed by atoms with van der Waals surface area (Å²) in [5.41, 5.74) is 21.6. The zero-order chi connectivity index (χ0) is 9.07. The topological polar surface area (TPSA) is 124 Å². The van der Waals surface area contributed by atoms with Crippen molar-refractivity contribution < 1.29 is 5.11 Å². The van der Waals surface area contributed by atoms with Crippen molar-refractivity contribution in [1.82, 2.24) is 0 Å². The third-order valence-electron chi connectivity index (χ3n) is 1.62. The molecule has 2 unspecified atom stereocenters. The van der Waals surface area contributed by atoms with Crippen LogP contribution in [0.1, 0.15) is 13.3 Å². The summed E-state index contributed by atoms with van der Waals surface area (Å²) in [6.45, 7) is 1.93. The molecule has 0 spiro atoms. The molecule has 5 nitrogen and oxygen atoms in total. The second-order valence-electron chi connectivity index (χ2n) is 3.02. The first-order valence-corrected chi connectivity index (χ1v) is 3.62. The zero-order valence-electron chi connectivity index (χ0n) is 6.83. The van der Waals surface area contributed by atoms with Crippen LogP contribution in [0.3, 0.4) is 0 Å². The lowest BCUT2D eigenvalue weighted by Crippen LogP contribution is -2.65. The molecule has 0 rings (SSSR count). The molecule has 0 bridgehead atoms. The molecule has 0 aliphatic heterocycles. The summed E-state index contributed by atoms with van der Waals surface area (Å²) < 4.78 is 0. The van der Waals surface area contributed by atoms with E-state index >= 15 is 0 Å². The molecule has 0 aliphatic rings. The van der Waals surface area contributed by atoms with Crippen molar-refractivity contribution >= 4 is 0 Å². The molecule has 9 N–H and O–H groups in total. The Hall–Kier alpha value is -0.200. The lowest BCUT2D eigenvalue weighted by molar-refractivity contribution is 0.133. The van der Waals surface area contributed by atoms with Crippen LogP contribution < -0.4 is 22.9 Å².